The van der Waals surface area contributed by atoms with E-state index in [1.165, 1.54) is 0 Å². The number of aliphatic hydroxyl groups excluding tert-OH is 1. The van der Waals surface area contributed by atoms with Crippen molar-refractivity contribution in [2.45, 2.75) is 32.2 Å². The number of aryl methyl sites for hydroxylation is 1. The molecule has 2 heterocycles. The molecule has 24 heavy (non-hydrogen) atoms. The van der Waals surface area contributed by atoms with Gasteiger partial charge in [-0.3, -0.25) is 9.48 Å². The minimum Gasteiger partial charge on any atom is -0.394 e. The Morgan fingerprint density at radius 2 is 2.08 bits per heavy atom. The van der Waals surface area contributed by atoms with Crippen LogP contribution in [0, 0.1) is 6.92 Å². The molecule has 6 heteroatoms. The van der Waals surface area contributed by atoms with E-state index in [0.29, 0.717) is 23.0 Å². The number of rotatable bonds is 4. The molecule has 5 nitrogen and oxygen atoms in total. The molecule has 1 aromatic carbocycles. The summed E-state index contributed by atoms with van der Waals surface area (Å²) in [6.07, 6.45) is 3.59. The molecule has 0 unspecified atom stereocenters. The lowest BCUT2D eigenvalue weighted by atomic mass is 9.93. The Balaban J connectivity index is 1.66. The summed E-state index contributed by atoms with van der Waals surface area (Å²) in [6.45, 7) is 3.99. The maximum Gasteiger partial charge on any atom is 0.253 e. The van der Waals surface area contributed by atoms with E-state index in [4.69, 9.17) is 16.7 Å². The molecule has 1 fully saturated rings. The van der Waals surface area contributed by atoms with E-state index < -0.39 is 0 Å². The first-order chi connectivity index (χ1) is 11.6. The highest BCUT2D eigenvalue weighted by Crippen LogP contribution is 2.29. The summed E-state index contributed by atoms with van der Waals surface area (Å²) >= 11 is 6.07. The molecule has 1 saturated heterocycles. The van der Waals surface area contributed by atoms with Gasteiger partial charge in [-0.1, -0.05) is 11.6 Å². The average molecular weight is 348 g/mol. The fourth-order valence-electron chi connectivity index (χ4n) is 3.39. The zero-order chi connectivity index (χ0) is 17.1. The zero-order valence-corrected chi connectivity index (χ0v) is 14.5. The molecule has 1 aromatic heterocycles. The number of halogens is 1. The summed E-state index contributed by atoms with van der Waals surface area (Å²) in [5.74, 6) is 0.423. The fourth-order valence-corrected chi connectivity index (χ4v) is 3.68. The first kappa shape index (κ1) is 17.0. The summed E-state index contributed by atoms with van der Waals surface area (Å²) in [5.41, 5.74) is 2.80. The second kappa shape index (κ2) is 7.36. The smallest absolute Gasteiger partial charge is 0.253 e. The van der Waals surface area contributed by atoms with Gasteiger partial charge in [0, 0.05) is 41.5 Å². The Morgan fingerprint density at radius 3 is 2.75 bits per heavy atom. The van der Waals surface area contributed by atoms with Crippen molar-refractivity contribution in [3.05, 3.63) is 52.3 Å². The third-order valence-corrected chi connectivity index (χ3v) is 4.77. The second-order valence-corrected chi connectivity index (χ2v) is 6.72. The number of aliphatic hydroxyl groups is 1. The van der Waals surface area contributed by atoms with Gasteiger partial charge in [-0.15, -0.1) is 0 Å². The predicted octanol–water partition coefficient (Wildman–Crippen LogP) is 2.86. The summed E-state index contributed by atoms with van der Waals surface area (Å²) in [4.78, 5) is 14.6. The number of amides is 1. The van der Waals surface area contributed by atoms with Gasteiger partial charge in [0.05, 0.1) is 13.2 Å². The molecular weight excluding hydrogens is 326 g/mol. The minimum absolute atomic E-state index is 0.0444. The summed E-state index contributed by atoms with van der Waals surface area (Å²) in [5, 5.41) is 14.0. The first-order valence-corrected chi connectivity index (χ1v) is 8.65. The van der Waals surface area contributed by atoms with Crippen molar-refractivity contribution in [1.29, 1.82) is 0 Å². The van der Waals surface area contributed by atoms with Gasteiger partial charge in [-0.05, 0) is 49.6 Å². The van der Waals surface area contributed by atoms with Crippen molar-refractivity contribution in [2.24, 2.45) is 0 Å². The van der Waals surface area contributed by atoms with Crippen LogP contribution in [0.1, 0.15) is 40.4 Å². The van der Waals surface area contributed by atoms with Gasteiger partial charge in [0.25, 0.3) is 5.91 Å². The Bertz CT molecular complexity index is 701. The monoisotopic (exact) mass is 347 g/mol. The number of carbonyl (C=O) groups excluding carboxylic acids is 1. The van der Waals surface area contributed by atoms with Crippen molar-refractivity contribution in [3.8, 4) is 0 Å². The van der Waals surface area contributed by atoms with Crippen molar-refractivity contribution in [1.82, 2.24) is 14.7 Å². The number of piperidine rings is 1. The van der Waals surface area contributed by atoms with Crippen LogP contribution in [0.3, 0.4) is 0 Å². The van der Waals surface area contributed by atoms with Crippen molar-refractivity contribution >= 4 is 17.5 Å². The molecule has 1 aliphatic rings. The second-order valence-electron chi connectivity index (χ2n) is 6.29. The number of likely N-dealkylation sites (tertiary alicyclic amines) is 1. The highest BCUT2D eigenvalue weighted by atomic mass is 35.5. The molecule has 3 rings (SSSR count). The number of hydrogen-bond donors (Lipinski definition) is 1. The van der Waals surface area contributed by atoms with Crippen LogP contribution >= 0.6 is 11.6 Å². The molecule has 0 saturated carbocycles. The van der Waals surface area contributed by atoms with Gasteiger partial charge in [-0.2, -0.15) is 5.10 Å². The molecule has 0 radical (unpaired) electrons. The lowest BCUT2D eigenvalue weighted by molar-refractivity contribution is 0.0711. The summed E-state index contributed by atoms with van der Waals surface area (Å²) < 4.78 is 1.86. The van der Waals surface area contributed by atoms with E-state index >= 15 is 0 Å². The maximum absolute atomic E-state index is 12.7. The largest absolute Gasteiger partial charge is 0.394 e. The fraction of sp³-hybridized carbons (Fsp3) is 0.444. The van der Waals surface area contributed by atoms with Crippen LogP contribution in [-0.4, -0.2) is 45.4 Å². The van der Waals surface area contributed by atoms with Gasteiger partial charge in [-0.25, -0.2) is 0 Å². The van der Waals surface area contributed by atoms with E-state index in [1.807, 2.05) is 34.7 Å². The van der Waals surface area contributed by atoms with Crippen LogP contribution < -0.4 is 0 Å². The highest BCUT2D eigenvalue weighted by molar-refractivity contribution is 6.31. The average Bonchev–Trinajstić information content (AvgIpc) is 3.02. The van der Waals surface area contributed by atoms with Crippen LogP contribution in [0.25, 0.3) is 0 Å². The van der Waals surface area contributed by atoms with E-state index in [2.05, 4.69) is 5.10 Å². The SMILES string of the molecule is Cc1cc(Cl)cc(C(=O)N2CCC(c3ccnn3CCO)CC2)c1. The van der Waals surface area contributed by atoms with Gasteiger partial charge >= 0.3 is 0 Å². The van der Waals surface area contributed by atoms with Crippen molar-refractivity contribution in [3.63, 3.8) is 0 Å². The Hall–Kier alpha value is -1.85. The zero-order valence-electron chi connectivity index (χ0n) is 13.8. The van der Waals surface area contributed by atoms with Gasteiger partial charge in [0.2, 0.25) is 0 Å². The first-order valence-electron chi connectivity index (χ1n) is 8.27. The maximum atomic E-state index is 12.7. The predicted molar refractivity (Wildman–Crippen MR) is 93.4 cm³/mol. The third kappa shape index (κ3) is 3.62. The molecule has 2 aromatic rings. The molecule has 1 N–H and O–H groups in total. The van der Waals surface area contributed by atoms with Crippen LogP contribution in [0.15, 0.2) is 30.5 Å². The van der Waals surface area contributed by atoms with Crippen LogP contribution in [-0.2, 0) is 6.54 Å². The number of hydrogen-bond acceptors (Lipinski definition) is 3. The molecule has 0 aliphatic carbocycles. The normalized spacial score (nSPS) is 15.7. The minimum atomic E-state index is 0.0444. The Morgan fingerprint density at radius 1 is 1.33 bits per heavy atom. The molecular formula is C18H22ClN3O2. The lowest BCUT2D eigenvalue weighted by Crippen LogP contribution is -2.38. The molecule has 1 aliphatic heterocycles. The Kier molecular flexibility index (Phi) is 5.21. The number of benzene rings is 1. The standard InChI is InChI=1S/C18H22ClN3O2/c1-13-10-15(12-16(19)11-13)18(24)21-6-3-14(4-7-21)17-2-5-20-22(17)8-9-23/h2,5,10-12,14,23H,3-4,6-9H2,1H3. The molecule has 128 valence electrons. The van der Waals surface area contributed by atoms with Crippen LogP contribution in [0.2, 0.25) is 5.02 Å². The van der Waals surface area contributed by atoms with Gasteiger partial charge in [0.15, 0.2) is 0 Å². The van der Waals surface area contributed by atoms with E-state index in [0.717, 1.165) is 37.2 Å². The van der Waals surface area contributed by atoms with Crippen LogP contribution in [0.4, 0.5) is 0 Å². The lowest BCUT2D eigenvalue weighted by Gasteiger charge is -2.32. The Labute approximate surface area is 146 Å². The van der Waals surface area contributed by atoms with Gasteiger partial charge < -0.3 is 10.0 Å². The topological polar surface area (TPSA) is 58.4 Å². The molecule has 1 amide bonds. The van der Waals surface area contributed by atoms with Crippen molar-refractivity contribution in [2.75, 3.05) is 19.7 Å². The van der Waals surface area contributed by atoms with Crippen LogP contribution in [0.5, 0.6) is 0 Å². The molecule has 0 spiro atoms. The number of aromatic nitrogens is 2. The van der Waals surface area contributed by atoms with E-state index in [-0.39, 0.29) is 12.5 Å². The molecule has 0 atom stereocenters. The summed E-state index contributed by atoms with van der Waals surface area (Å²) in [7, 11) is 0. The van der Waals surface area contributed by atoms with Gasteiger partial charge in [0.1, 0.15) is 0 Å². The quantitative estimate of drug-likeness (QED) is 0.925. The van der Waals surface area contributed by atoms with E-state index in [1.54, 1.807) is 12.3 Å². The summed E-state index contributed by atoms with van der Waals surface area (Å²) in [6, 6.07) is 7.49. The molecule has 0 bridgehead atoms. The van der Waals surface area contributed by atoms with Crippen molar-refractivity contribution < 1.29 is 9.90 Å². The van der Waals surface area contributed by atoms with E-state index in [9.17, 15) is 4.79 Å². The highest BCUT2D eigenvalue weighted by Gasteiger charge is 2.26. The third-order valence-electron chi connectivity index (χ3n) is 4.55. The number of nitrogens with zero attached hydrogens (tertiary/aromatic N) is 3. The number of carbonyl (C=O) groups is 1.